The van der Waals surface area contributed by atoms with E-state index in [2.05, 4.69) is 4.90 Å². The minimum Gasteiger partial charge on any atom is -0.368 e. The first kappa shape index (κ1) is 15.9. The van der Waals surface area contributed by atoms with Gasteiger partial charge in [-0.25, -0.2) is 0 Å². The average molecular weight is 307 g/mol. The van der Waals surface area contributed by atoms with Gasteiger partial charge in [0.2, 0.25) is 11.8 Å². The molecule has 21 heavy (non-hydrogen) atoms. The first-order valence-electron chi connectivity index (χ1n) is 6.99. The standard InChI is InChI=1S/C15H21N3O2S/c1-17(11-13(16)19)15(20)14(12-5-3-2-4-6-12)18-7-9-21-10-8-18/h2-6,14H,7-11H2,1H3,(H2,16,19)/t14-/m0/s1. The van der Waals surface area contributed by atoms with Crippen molar-refractivity contribution in [2.75, 3.05) is 38.2 Å². The van der Waals surface area contributed by atoms with E-state index >= 15 is 0 Å². The summed E-state index contributed by atoms with van der Waals surface area (Å²) >= 11 is 1.90. The van der Waals surface area contributed by atoms with Gasteiger partial charge in [-0.3, -0.25) is 14.5 Å². The van der Waals surface area contributed by atoms with Crippen molar-refractivity contribution in [1.29, 1.82) is 0 Å². The molecule has 0 bridgehead atoms. The molecule has 0 saturated carbocycles. The SMILES string of the molecule is CN(CC(N)=O)C(=O)[C@H](c1ccccc1)N1CCSCC1. The Kier molecular flexibility index (Phi) is 5.64. The van der Waals surface area contributed by atoms with Crippen molar-refractivity contribution in [3.63, 3.8) is 0 Å². The number of nitrogens with zero attached hydrogens (tertiary/aromatic N) is 2. The molecule has 0 aliphatic carbocycles. The van der Waals surface area contributed by atoms with Crippen molar-refractivity contribution in [3.8, 4) is 0 Å². The minimum absolute atomic E-state index is 0.0508. The maximum absolute atomic E-state index is 12.7. The molecule has 1 heterocycles. The quantitative estimate of drug-likeness (QED) is 0.870. The Labute approximate surface area is 129 Å². The molecule has 2 amide bonds. The lowest BCUT2D eigenvalue weighted by Gasteiger charge is -2.35. The van der Waals surface area contributed by atoms with Crippen LogP contribution in [0.3, 0.4) is 0 Å². The monoisotopic (exact) mass is 307 g/mol. The molecular formula is C15H21N3O2S. The van der Waals surface area contributed by atoms with Crippen LogP contribution in [0.15, 0.2) is 30.3 Å². The van der Waals surface area contributed by atoms with Gasteiger partial charge in [0.15, 0.2) is 0 Å². The van der Waals surface area contributed by atoms with Crippen LogP contribution in [0.2, 0.25) is 0 Å². The molecule has 1 atom stereocenters. The van der Waals surface area contributed by atoms with E-state index in [1.165, 1.54) is 4.90 Å². The van der Waals surface area contributed by atoms with Gasteiger partial charge in [-0.2, -0.15) is 11.8 Å². The first-order valence-corrected chi connectivity index (χ1v) is 8.15. The lowest BCUT2D eigenvalue weighted by Crippen LogP contribution is -2.46. The smallest absolute Gasteiger partial charge is 0.244 e. The van der Waals surface area contributed by atoms with Crippen LogP contribution in [0, 0.1) is 0 Å². The maximum Gasteiger partial charge on any atom is 0.244 e. The summed E-state index contributed by atoms with van der Waals surface area (Å²) in [5, 5.41) is 0. The second kappa shape index (κ2) is 7.47. The second-order valence-electron chi connectivity index (χ2n) is 5.12. The molecule has 2 rings (SSSR count). The van der Waals surface area contributed by atoms with Crippen molar-refractivity contribution in [2.45, 2.75) is 6.04 Å². The lowest BCUT2D eigenvalue weighted by molar-refractivity contribution is -0.138. The van der Waals surface area contributed by atoms with Crippen LogP contribution in [-0.4, -0.2) is 59.8 Å². The van der Waals surface area contributed by atoms with Crippen LogP contribution in [0.1, 0.15) is 11.6 Å². The third kappa shape index (κ3) is 4.22. The molecule has 0 spiro atoms. The molecule has 0 radical (unpaired) electrons. The Morgan fingerprint density at radius 3 is 2.48 bits per heavy atom. The summed E-state index contributed by atoms with van der Waals surface area (Å²) < 4.78 is 0. The highest BCUT2D eigenvalue weighted by molar-refractivity contribution is 7.99. The number of amides is 2. The number of likely N-dealkylation sites (N-methyl/N-ethyl adjacent to an activating group) is 1. The molecule has 1 fully saturated rings. The minimum atomic E-state index is -0.494. The number of primary amides is 1. The third-order valence-corrected chi connectivity index (χ3v) is 4.47. The number of benzene rings is 1. The van der Waals surface area contributed by atoms with Gasteiger partial charge in [0.05, 0.1) is 6.54 Å². The molecule has 6 heteroatoms. The van der Waals surface area contributed by atoms with Crippen LogP contribution in [0.25, 0.3) is 0 Å². The van der Waals surface area contributed by atoms with Crippen LogP contribution >= 0.6 is 11.8 Å². The molecule has 1 aromatic carbocycles. The zero-order valence-electron chi connectivity index (χ0n) is 12.2. The van der Waals surface area contributed by atoms with Crippen molar-refractivity contribution in [2.24, 2.45) is 5.73 Å². The fraction of sp³-hybridized carbons (Fsp3) is 0.467. The topological polar surface area (TPSA) is 66.6 Å². The van der Waals surface area contributed by atoms with Gasteiger partial charge < -0.3 is 10.6 Å². The van der Waals surface area contributed by atoms with E-state index in [-0.39, 0.29) is 18.5 Å². The van der Waals surface area contributed by atoms with E-state index in [9.17, 15) is 9.59 Å². The molecule has 114 valence electrons. The Morgan fingerprint density at radius 2 is 1.90 bits per heavy atom. The van der Waals surface area contributed by atoms with Gasteiger partial charge >= 0.3 is 0 Å². The molecule has 0 unspecified atom stereocenters. The molecule has 5 nitrogen and oxygen atoms in total. The van der Waals surface area contributed by atoms with E-state index in [1.54, 1.807) is 7.05 Å². The van der Waals surface area contributed by atoms with E-state index in [0.717, 1.165) is 30.2 Å². The van der Waals surface area contributed by atoms with Crippen LogP contribution in [0.5, 0.6) is 0 Å². The summed E-state index contributed by atoms with van der Waals surface area (Å²) in [6.07, 6.45) is 0. The number of hydrogen-bond donors (Lipinski definition) is 1. The molecule has 1 aliphatic heterocycles. The normalized spacial score (nSPS) is 17.2. The predicted octanol–water partition coefficient (Wildman–Crippen LogP) is 0.720. The van der Waals surface area contributed by atoms with E-state index in [4.69, 9.17) is 5.73 Å². The van der Waals surface area contributed by atoms with E-state index < -0.39 is 5.91 Å². The molecule has 1 aromatic rings. The molecular weight excluding hydrogens is 286 g/mol. The van der Waals surface area contributed by atoms with E-state index in [0.29, 0.717) is 0 Å². The Balaban J connectivity index is 2.22. The zero-order chi connectivity index (χ0) is 15.2. The van der Waals surface area contributed by atoms with Crippen molar-refractivity contribution >= 4 is 23.6 Å². The summed E-state index contributed by atoms with van der Waals surface area (Å²) in [5.41, 5.74) is 6.16. The number of thioether (sulfide) groups is 1. The van der Waals surface area contributed by atoms with Gasteiger partial charge in [0, 0.05) is 31.6 Å². The Bertz CT molecular complexity index is 489. The highest BCUT2D eigenvalue weighted by Gasteiger charge is 2.31. The summed E-state index contributed by atoms with van der Waals surface area (Å²) in [4.78, 5) is 27.4. The van der Waals surface area contributed by atoms with Crippen molar-refractivity contribution in [1.82, 2.24) is 9.80 Å². The predicted molar refractivity (Wildman–Crippen MR) is 84.9 cm³/mol. The summed E-state index contributed by atoms with van der Waals surface area (Å²) in [6.45, 7) is 1.70. The van der Waals surface area contributed by atoms with Crippen LogP contribution < -0.4 is 5.73 Å². The largest absolute Gasteiger partial charge is 0.368 e. The molecule has 2 N–H and O–H groups in total. The van der Waals surface area contributed by atoms with Crippen molar-refractivity contribution < 1.29 is 9.59 Å². The highest BCUT2D eigenvalue weighted by Crippen LogP contribution is 2.25. The van der Waals surface area contributed by atoms with Gasteiger partial charge in [-0.1, -0.05) is 30.3 Å². The second-order valence-corrected chi connectivity index (χ2v) is 6.35. The average Bonchev–Trinajstić information content (AvgIpc) is 2.49. The van der Waals surface area contributed by atoms with Gasteiger partial charge in [0.1, 0.15) is 6.04 Å². The first-order chi connectivity index (χ1) is 10.1. The summed E-state index contributed by atoms with van der Waals surface area (Å²) in [7, 11) is 1.63. The third-order valence-electron chi connectivity index (χ3n) is 3.53. The number of nitrogens with two attached hydrogens (primary N) is 1. The van der Waals surface area contributed by atoms with E-state index in [1.807, 2.05) is 42.1 Å². The lowest BCUT2D eigenvalue weighted by atomic mass is 10.0. The summed E-state index contributed by atoms with van der Waals surface area (Å²) in [5.74, 6) is 1.48. The zero-order valence-corrected chi connectivity index (χ0v) is 13.0. The van der Waals surface area contributed by atoms with Crippen molar-refractivity contribution in [3.05, 3.63) is 35.9 Å². The maximum atomic E-state index is 12.7. The fourth-order valence-electron chi connectivity index (χ4n) is 2.50. The summed E-state index contributed by atoms with van der Waals surface area (Å²) in [6, 6.07) is 9.39. The van der Waals surface area contributed by atoms with Gasteiger partial charge in [-0.05, 0) is 5.56 Å². The number of rotatable bonds is 5. The molecule has 0 aromatic heterocycles. The molecule has 1 aliphatic rings. The fourth-order valence-corrected chi connectivity index (χ4v) is 3.43. The number of carbonyl (C=O) groups is 2. The number of hydrogen-bond acceptors (Lipinski definition) is 4. The van der Waals surface area contributed by atoms with Crippen LogP contribution in [-0.2, 0) is 9.59 Å². The Morgan fingerprint density at radius 1 is 1.29 bits per heavy atom. The van der Waals surface area contributed by atoms with Gasteiger partial charge in [-0.15, -0.1) is 0 Å². The molecule has 1 saturated heterocycles. The van der Waals surface area contributed by atoms with Gasteiger partial charge in [0.25, 0.3) is 0 Å². The van der Waals surface area contributed by atoms with Crippen LogP contribution in [0.4, 0.5) is 0 Å². The highest BCUT2D eigenvalue weighted by atomic mass is 32.2. The number of carbonyl (C=O) groups excluding carboxylic acids is 2. The Hall–Kier alpha value is -1.53.